The van der Waals surface area contributed by atoms with Crippen molar-refractivity contribution < 1.29 is 4.79 Å². The molecule has 1 amide bonds. The third-order valence-corrected chi connectivity index (χ3v) is 3.97. The molecule has 1 saturated heterocycles. The van der Waals surface area contributed by atoms with Crippen molar-refractivity contribution in [1.82, 2.24) is 15.2 Å². The van der Waals surface area contributed by atoms with Gasteiger partial charge in [0.05, 0.1) is 11.0 Å². The number of rotatable bonds is 5. The Kier molecular flexibility index (Phi) is 4.50. The van der Waals surface area contributed by atoms with Gasteiger partial charge in [-0.2, -0.15) is 0 Å². The summed E-state index contributed by atoms with van der Waals surface area (Å²) >= 11 is 1.65. The molecule has 0 spiro atoms. The van der Waals surface area contributed by atoms with Crippen LogP contribution < -0.4 is 5.32 Å². The maximum Gasteiger partial charge on any atom is 0.239 e. The lowest BCUT2D eigenvalue weighted by molar-refractivity contribution is -0.132. The zero-order chi connectivity index (χ0) is 12.1. The van der Waals surface area contributed by atoms with E-state index < -0.39 is 0 Å². The van der Waals surface area contributed by atoms with Crippen LogP contribution in [0.2, 0.25) is 0 Å². The topological polar surface area (TPSA) is 45.2 Å². The molecule has 1 atom stereocenters. The molecule has 0 radical (unpaired) electrons. The molecule has 17 heavy (non-hydrogen) atoms. The highest BCUT2D eigenvalue weighted by molar-refractivity contribution is 7.09. The van der Waals surface area contributed by atoms with Gasteiger partial charge in [-0.1, -0.05) is 0 Å². The van der Waals surface area contributed by atoms with Crippen LogP contribution in [0.1, 0.15) is 24.8 Å². The first-order valence-electron chi connectivity index (χ1n) is 6.21. The highest BCUT2D eigenvalue weighted by atomic mass is 32.1. The average molecular weight is 253 g/mol. The molecule has 5 heteroatoms. The summed E-state index contributed by atoms with van der Waals surface area (Å²) in [6.45, 7) is 4.57. The Labute approximate surface area is 106 Å². The molecule has 2 heterocycles. The van der Waals surface area contributed by atoms with Crippen LogP contribution in [0.15, 0.2) is 11.6 Å². The van der Waals surface area contributed by atoms with Gasteiger partial charge in [0, 0.05) is 31.1 Å². The van der Waals surface area contributed by atoms with Gasteiger partial charge in [0.2, 0.25) is 5.91 Å². The number of hydrogen-bond donors (Lipinski definition) is 1. The maximum absolute atomic E-state index is 12.2. The number of nitrogens with one attached hydrogen (secondary N) is 1. The highest BCUT2D eigenvalue weighted by Crippen LogP contribution is 2.10. The van der Waals surface area contributed by atoms with E-state index in [0.29, 0.717) is 0 Å². The number of carbonyl (C=O) groups excluding carboxylic acids is 1. The van der Waals surface area contributed by atoms with Crippen molar-refractivity contribution in [2.45, 2.75) is 32.2 Å². The van der Waals surface area contributed by atoms with Gasteiger partial charge in [0.15, 0.2) is 0 Å². The average Bonchev–Trinajstić information content (AvgIpc) is 3.02. The first kappa shape index (κ1) is 12.5. The second-order valence-electron chi connectivity index (χ2n) is 4.24. The number of amides is 1. The quantitative estimate of drug-likeness (QED) is 0.860. The molecule has 1 N–H and O–H groups in total. The van der Waals surface area contributed by atoms with E-state index in [9.17, 15) is 4.79 Å². The molecule has 0 saturated carbocycles. The molecule has 94 valence electrons. The number of nitrogens with zero attached hydrogens (tertiary/aromatic N) is 2. The van der Waals surface area contributed by atoms with Crippen molar-refractivity contribution in [2.24, 2.45) is 0 Å². The SMILES string of the molecule is CCN(CCc1nccs1)C(=O)C1CCCN1. The van der Waals surface area contributed by atoms with Crippen LogP contribution in [0.25, 0.3) is 0 Å². The van der Waals surface area contributed by atoms with E-state index >= 15 is 0 Å². The predicted octanol–water partition coefficient (Wildman–Crippen LogP) is 1.29. The third kappa shape index (κ3) is 3.26. The normalized spacial score (nSPS) is 19.5. The van der Waals surface area contributed by atoms with Crippen LogP contribution in [-0.2, 0) is 11.2 Å². The Hall–Kier alpha value is -0.940. The molecule has 4 nitrogen and oxygen atoms in total. The molecule has 2 rings (SSSR count). The molecular weight excluding hydrogens is 234 g/mol. The van der Waals surface area contributed by atoms with Crippen molar-refractivity contribution in [2.75, 3.05) is 19.6 Å². The van der Waals surface area contributed by atoms with Crippen molar-refractivity contribution >= 4 is 17.2 Å². The van der Waals surface area contributed by atoms with Crippen LogP contribution in [0.4, 0.5) is 0 Å². The zero-order valence-electron chi connectivity index (χ0n) is 10.2. The second-order valence-corrected chi connectivity index (χ2v) is 5.22. The Morgan fingerprint density at radius 3 is 3.18 bits per heavy atom. The first-order chi connectivity index (χ1) is 8.31. The van der Waals surface area contributed by atoms with Crippen LogP contribution in [-0.4, -0.2) is 41.5 Å². The fourth-order valence-electron chi connectivity index (χ4n) is 2.15. The number of aromatic nitrogens is 1. The van der Waals surface area contributed by atoms with Crippen LogP contribution >= 0.6 is 11.3 Å². The molecule has 1 aromatic rings. The minimum Gasteiger partial charge on any atom is -0.341 e. The lowest BCUT2D eigenvalue weighted by Crippen LogP contribution is -2.44. The zero-order valence-corrected chi connectivity index (χ0v) is 11.0. The van der Waals surface area contributed by atoms with Gasteiger partial charge in [-0.15, -0.1) is 11.3 Å². The van der Waals surface area contributed by atoms with E-state index in [1.807, 2.05) is 23.4 Å². The lowest BCUT2D eigenvalue weighted by Gasteiger charge is -2.23. The summed E-state index contributed by atoms with van der Waals surface area (Å²) in [5, 5.41) is 6.35. The summed E-state index contributed by atoms with van der Waals surface area (Å²) < 4.78 is 0. The predicted molar refractivity (Wildman–Crippen MR) is 69.1 cm³/mol. The van der Waals surface area contributed by atoms with E-state index in [0.717, 1.165) is 43.9 Å². The van der Waals surface area contributed by atoms with Crippen molar-refractivity contribution in [3.8, 4) is 0 Å². The summed E-state index contributed by atoms with van der Waals surface area (Å²) in [5.74, 6) is 0.251. The fraction of sp³-hybridized carbons (Fsp3) is 0.667. The molecule has 1 aromatic heterocycles. The molecule has 1 aliphatic rings. The Bertz CT molecular complexity index is 347. The number of carbonyl (C=O) groups is 1. The lowest BCUT2D eigenvalue weighted by atomic mass is 10.2. The van der Waals surface area contributed by atoms with Crippen LogP contribution in [0.5, 0.6) is 0 Å². The van der Waals surface area contributed by atoms with Crippen LogP contribution in [0, 0.1) is 0 Å². The van der Waals surface area contributed by atoms with Gasteiger partial charge in [0.1, 0.15) is 0 Å². The van der Waals surface area contributed by atoms with E-state index in [1.54, 1.807) is 11.3 Å². The van der Waals surface area contributed by atoms with E-state index in [1.165, 1.54) is 0 Å². The number of likely N-dealkylation sites (N-methyl/N-ethyl adjacent to an activating group) is 1. The summed E-state index contributed by atoms with van der Waals surface area (Å²) in [6, 6.07) is 0.0474. The van der Waals surface area contributed by atoms with E-state index in [2.05, 4.69) is 10.3 Å². The van der Waals surface area contributed by atoms with Gasteiger partial charge in [-0.25, -0.2) is 4.98 Å². The number of thiazole rings is 1. The van der Waals surface area contributed by atoms with E-state index in [4.69, 9.17) is 0 Å². The van der Waals surface area contributed by atoms with Gasteiger partial charge < -0.3 is 10.2 Å². The van der Waals surface area contributed by atoms with Crippen molar-refractivity contribution in [3.63, 3.8) is 0 Å². The standard InChI is InChI=1S/C12H19N3OS/c1-2-15(8-5-11-14-7-9-17-11)12(16)10-4-3-6-13-10/h7,9-10,13H,2-6,8H2,1H3. The fourth-order valence-corrected chi connectivity index (χ4v) is 2.76. The van der Waals surface area contributed by atoms with Crippen molar-refractivity contribution in [3.05, 3.63) is 16.6 Å². The molecule has 0 bridgehead atoms. The van der Waals surface area contributed by atoms with Crippen molar-refractivity contribution in [1.29, 1.82) is 0 Å². The minimum absolute atomic E-state index is 0.0474. The highest BCUT2D eigenvalue weighted by Gasteiger charge is 2.25. The molecule has 1 unspecified atom stereocenters. The molecule has 1 fully saturated rings. The largest absolute Gasteiger partial charge is 0.341 e. The smallest absolute Gasteiger partial charge is 0.239 e. The number of hydrogen-bond acceptors (Lipinski definition) is 4. The molecular formula is C12H19N3OS. The summed E-state index contributed by atoms with van der Waals surface area (Å²) in [5.41, 5.74) is 0. The third-order valence-electron chi connectivity index (χ3n) is 3.13. The monoisotopic (exact) mass is 253 g/mol. The molecule has 0 aromatic carbocycles. The molecule has 1 aliphatic heterocycles. The van der Waals surface area contributed by atoms with Gasteiger partial charge in [-0.3, -0.25) is 4.79 Å². The maximum atomic E-state index is 12.2. The molecule has 0 aliphatic carbocycles. The Morgan fingerprint density at radius 1 is 1.71 bits per heavy atom. The summed E-state index contributed by atoms with van der Waals surface area (Å²) in [4.78, 5) is 18.4. The first-order valence-corrected chi connectivity index (χ1v) is 7.09. The van der Waals surface area contributed by atoms with Crippen LogP contribution in [0.3, 0.4) is 0 Å². The Morgan fingerprint density at radius 2 is 2.59 bits per heavy atom. The minimum atomic E-state index is 0.0474. The van der Waals surface area contributed by atoms with Gasteiger partial charge in [-0.05, 0) is 26.3 Å². The summed E-state index contributed by atoms with van der Waals surface area (Å²) in [7, 11) is 0. The summed E-state index contributed by atoms with van der Waals surface area (Å²) in [6.07, 6.45) is 4.77. The van der Waals surface area contributed by atoms with Gasteiger partial charge in [0.25, 0.3) is 0 Å². The van der Waals surface area contributed by atoms with Gasteiger partial charge >= 0.3 is 0 Å². The Balaban J connectivity index is 1.85. The second kappa shape index (κ2) is 6.12. The van der Waals surface area contributed by atoms with E-state index in [-0.39, 0.29) is 11.9 Å².